The van der Waals surface area contributed by atoms with Gasteiger partial charge in [-0.1, -0.05) is 61.5 Å². The van der Waals surface area contributed by atoms with E-state index in [1.165, 1.54) is 5.56 Å². The van der Waals surface area contributed by atoms with Crippen LogP contribution in [0.5, 0.6) is 5.75 Å². The molecule has 7 nitrogen and oxygen atoms in total. The van der Waals surface area contributed by atoms with Crippen molar-refractivity contribution >= 4 is 11.7 Å². The smallest absolute Gasteiger partial charge is 0.322 e. The molecule has 36 heavy (non-hydrogen) atoms. The van der Waals surface area contributed by atoms with E-state index in [0.717, 1.165) is 22.6 Å². The van der Waals surface area contributed by atoms with Crippen molar-refractivity contribution in [2.45, 2.75) is 39.2 Å². The van der Waals surface area contributed by atoms with E-state index in [0.29, 0.717) is 30.6 Å². The number of ether oxygens (including phenoxy) is 1. The Morgan fingerprint density at radius 1 is 0.944 bits per heavy atom. The van der Waals surface area contributed by atoms with Crippen molar-refractivity contribution in [2.75, 3.05) is 19.0 Å². The first-order valence-corrected chi connectivity index (χ1v) is 12.1. The molecule has 4 aromatic rings. The quantitative estimate of drug-likeness (QED) is 0.286. The van der Waals surface area contributed by atoms with E-state index in [-0.39, 0.29) is 12.1 Å². The third-order valence-electron chi connectivity index (χ3n) is 6.22. The molecule has 1 N–H and O–H groups in total. The average Bonchev–Trinajstić information content (AvgIpc) is 3.38. The SMILES string of the molecule is COc1ccc(-c2noc(CCN(C(=O)Nc3ccc(C(C)C)cc3)[C@@H](C)c3ccccc3)n2)cc1. The standard InChI is InChI=1S/C29H32N4O3/c1-20(2)22-10-14-25(15-11-22)30-29(34)33(21(3)23-8-6-5-7-9-23)19-18-27-31-28(32-36-27)24-12-16-26(35-4)17-13-24/h5-17,20-21H,18-19H2,1-4H3,(H,30,34)/t21-/m0/s1. The molecule has 1 heterocycles. The minimum absolute atomic E-state index is 0.148. The Morgan fingerprint density at radius 3 is 2.28 bits per heavy atom. The van der Waals surface area contributed by atoms with Crippen LogP contribution in [0.2, 0.25) is 0 Å². The Kier molecular flexibility index (Phi) is 8.00. The van der Waals surface area contributed by atoms with Crippen LogP contribution in [0.4, 0.5) is 10.5 Å². The number of rotatable bonds is 9. The zero-order valence-corrected chi connectivity index (χ0v) is 21.1. The fourth-order valence-electron chi connectivity index (χ4n) is 3.96. The van der Waals surface area contributed by atoms with E-state index in [4.69, 9.17) is 9.26 Å². The first-order valence-electron chi connectivity index (χ1n) is 12.1. The van der Waals surface area contributed by atoms with E-state index in [9.17, 15) is 4.79 Å². The normalized spacial score (nSPS) is 11.8. The summed E-state index contributed by atoms with van der Waals surface area (Å²) in [6, 6.07) is 25.1. The molecule has 0 spiro atoms. The molecule has 0 radical (unpaired) electrons. The first kappa shape index (κ1) is 25.0. The van der Waals surface area contributed by atoms with E-state index in [1.807, 2.05) is 85.8 Å². The van der Waals surface area contributed by atoms with Crippen LogP contribution in [0.15, 0.2) is 83.4 Å². The predicted octanol–water partition coefficient (Wildman–Crippen LogP) is 6.71. The maximum atomic E-state index is 13.4. The molecule has 0 aliphatic rings. The number of urea groups is 1. The number of anilines is 1. The lowest BCUT2D eigenvalue weighted by Crippen LogP contribution is -2.38. The van der Waals surface area contributed by atoms with Crippen molar-refractivity contribution < 1.29 is 14.1 Å². The molecule has 3 aromatic carbocycles. The number of nitrogens with one attached hydrogen (secondary N) is 1. The van der Waals surface area contributed by atoms with Gasteiger partial charge in [-0.3, -0.25) is 0 Å². The Labute approximate surface area is 212 Å². The lowest BCUT2D eigenvalue weighted by Gasteiger charge is -2.29. The molecule has 1 atom stereocenters. The fourth-order valence-corrected chi connectivity index (χ4v) is 3.96. The van der Waals surface area contributed by atoms with Crippen LogP contribution in [0.3, 0.4) is 0 Å². The summed E-state index contributed by atoms with van der Waals surface area (Å²) in [6.07, 6.45) is 0.431. The summed E-state index contributed by atoms with van der Waals surface area (Å²) in [7, 11) is 1.63. The van der Waals surface area contributed by atoms with Crippen molar-refractivity contribution in [3.8, 4) is 17.1 Å². The number of amides is 2. The topological polar surface area (TPSA) is 80.5 Å². The van der Waals surface area contributed by atoms with Crippen LogP contribution in [0.1, 0.15) is 49.7 Å². The number of carbonyl (C=O) groups excluding carboxylic acids is 1. The van der Waals surface area contributed by atoms with E-state index in [2.05, 4.69) is 29.3 Å². The number of nitrogens with zero attached hydrogens (tertiary/aromatic N) is 3. The predicted molar refractivity (Wildman–Crippen MR) is 141 cm³/mol. The summed E-state index contributed by atoms with van der Waals surface area (Å²) in [4.78, 5) is 19.7. The molecule has 0 saturated heterocycles. The van der Waals surface area contributed by atoms with Crippen LogP contribution in [0, 0.1) is 0 Å². The molecule has 7 heteroatoms. The highest BCUT2D eigenvalue weighted by molar-refractivity contribution is 5.89. The lowest BCUT2D eigenvalue weighted by atomic mass is 10.0. The van der Waals surface area contributed by atoms with Crippen molar-refractivity contribution in [1.82, 2.24) is 15.0 Å². The Balaban J connectivity index is 1.49. The first-order chi connectivity index (χ1) is 17.4. The van der Waals surface area contributed by atoms with Gasteiger partial charge in [0.05, 0.1) is 13.2 Å². The maximum Gasteiger partial charge on any atom is 0.322 e. The Morgan fingerprint density at radius 2 is 1.64 bits per heavy atom. The van der Waals surface area contributed by atoms with Crippen molar-refractivity contribution in [1.29, 1.82) is 0 Å². The maximum absolute atomic E-state index is 13.4. The van der Waals surface area contributed by atoms with Gasteiger partial charge in [0.1, 0.15) is 5.75 Å². The van der Waals surface area contributed by atoms with Gasteiger partial charge >= 0.3 is 6.03 Å². The van der Waals surface area contributed by atoms with Gasteiger partial charge in [0.15, 0.2) is 0 Å². The van der Waals surface area contributed by atoms with Gasteiger partial charge < -0.3 is 19.5 Å². The molecule has 4 rings (SSSR count). The minimum atomic E-state index is -0.182. The number of carbonyl (C=O) groups is 1. The largest absolute Gasteiger partial charge is 0.497 e. The molecule has 0 fully saturated rings. The van der Waals surface area contributed by atoms with E-state index >= 15 is 0 Å². The summed E-state index contributed by atoms with van der Waals surface area (Å²) in [5.74, 6) is 2.17. The Bertz CT molecular complexity index is 1250. The van der Waals surface area contributed by atoms with Crippen LogP contribution in [-0.2, 0) is 6.42 Å². The zero-order valence-electron chi connectivity index (χ0n) is 21.1. The van der Waals surface area contributed by atoms with Crippen LogP contribution in [0.25, 0.3) is 11.4 Å². The highest BCUT2D eigenvalue weighted by Crippen LogP contribution is 2.24. The minimum Gasteiger partial charge on any atom is -0.497 e. The second-order valence-electron chi connectivity index (χ2n) is 8.98. The monoisotopic (exact) mass is 484 g/mol. The van der Waals surface area contributed by atoms with E-state index in [1.54, 1.807) is 12.0 Å². The number of hydrogen-bond donors (Lipinski definition) is 1. The number of benzene rings is 3. The van der Waals surface area contributed by atoms with Gasteiger partial charge in [-0.2, -0.15) is 4.98 Å². The molecular weight excluding hydrogens is 452 g/mol. The second kappa shape index (κ2) is 11.5. The summed E-state index contributed by atoms with van der Waals surface area (Å²) < 4.78 is 10.7. The Hall–Kier alpha value is -4.13. The third kappa shape index (κ3) is 6.10. The number of hydrogen-bond acceptors (Lipinski definition) is 5. The van der Waals surface area contributed by atoms with Gasteiger partial charge in [-0.25, -0.2) is 4.79 Å². The van der Waals surface area contributed by atoms with Crippen LogP contribution >= 0.6 is 0 Å². The molecule has 0 unspecified atom stereocenters. The molecule has 0 saturated carbocycles. The summed E-state index contributed by atoms with van der Waals surface area (Å²) in [5.41, 5.74) is 3.87. The van der Waals surface area contributed by atoms with E-state index < -0.39 is 0 Å². The van der Waals surface area contributed by atoms with Gasteiger partial charge in [0.25, 0.3) is 0 Å². The molecule has 186 valence electrons. The molecule has 0 aliphatic carbocycles. The molecule has 2 amide bonds. The van der Waals surface area contributed by atoms with Crippen molar-refractivity contribution in [2.24, 2.45) is 0 Å². The van der Waals surface area contributed by atoms with Gasteiger partial charge in [-0.05, 0) is 60.4 Å². The number of aromatic nitrogens is 2. The fraction of sp³-hybridized carbons (Fsp3) is 0.276. The molecular formula is C29H32N4O3. The van der Waals surface area contributed by atoms with Gasteiger partial charge in [-0.15, -0.1) is 0 Å². The van der Waals surface area contributed by atoms with Crippen molar-refractivity contribution in [3.63, 3.8) is 0 Å². The van der Waals surface area contributed by atoms with Gasteiger partial charge in [0.2, 0.25) is 11.7 Å². The lowest BCUT2D eigenvalue weighted by molar-refractivity contribution is 0.191. The van der Waals surface area contributed by atoms with Gasteiger partial charge in [0, 0.05) is 24.2 Å². The summed E-state index contributed by atoms with van der Waals surface area (Å²) in [6.45, 7) is 6.73. The summed E-state index contributed by atoms with van der Waals surface area (Å²) in [5, 5.41) is 7.16. The van der Waals surface area contributed by atoms with Crippen LogP contribution < -0.4 is 10.1 Å². The highest BCUT2D eigenvalue weighted by atomic mass is 16.5. The van der Waals surface area contributed by atoms with Crippen molar-refractivity contribution in [3.05, 3.63) is 95.9 Å². The third-order valence-corrected chi connectivity index (χ3v) is 6.22. The number of methoxy groups -OCH3 is 1. The molecule has 0 bridgehead atoms. The highest BCUT2D eigenvalue weighted by Gasteiger charge is 2.23. The second-order valence-corrected chi connectivity index (χ2v) is 8.98. The average molecular weight is 485 g/mol. The molecule has 0 aliphatic heterocycles. The molecule has 1 aromatic heterocycles. The van der Waals surface area contributed by atoms with Crippen LogP contribution in [-0.4, -0.2) is 34.7 Å². The zero-order chi connectivity index (χ0) is 25.5. The summed E-state index contributed by atoms with van der Waals surface area (Å²) >= 11 is 0.